The third kappa shape index (κ3) is 2.49. The summed E-state index contributed by atoms with van der Waals surface area (Å²) in [4.78, 5) is 9.02. The third-order valence-electron chi connectivity index (χ3n) is 4.77. The van der Waals surface area contributed by atoms with Crippen molar-refractivity contribution in [2.24, 2.45) is 5.92 Å². The van der Waals surface area contributed by atoms with E-state index in [0.29, 0.717) is 5.92 Å². The summed E-state index contributed by atoms with van der Waals surface area (Å²) in [6.45, 7) is 12.7. The van der Waals surface area contributed by atoms with Crippen LogP contribution in [0.2, 0.25) is 0 Å². The second-order valence-corrected chi connectivity index (χ2v) is 6.63. The zero-order valence-electron chi connectivity index (χ0n) is 14.3. The standard InChI is InChI=1S/C19H24N2O/c1-10-7-16(8-11(2)13(10)4)18-12(3)9-17-19(22-18)14(5)20-15(6)21-17/h7-8,12,18H,9H2,1-6H3. The Bertz CT molecular complexity index is 713. The first-order valence-corrected chi connectivity index (χ1v) is 7.95. The van der Waals surface area contributed by atoms with E-state index in [4.69, 9.17) is 4.74 Å². The number of hydrogen-bond acceptors (Lipinski definition) is 3. The van der Waals surface area contributed by atoms with E-state index in [1.165, 1.54) is 22.3 Å². The van der Waals surface area contributed by atoms with Crippen molar-refractivity contribution < 1.29 is 4.74 Å². The minimum atomic E-state index is 0.0792. The molecular formula is C19H24N2O. The molecule has 1 aromatic carbocycles. The summed E-state index contributed by atoms with van der Waals surface area (Å²) in [7, 11) is 0. The number of aromatic nitrogens is 2. The molecule has 0 bridgehead atoms. The summed E-state index contributed by atoms with van der Waals surface area (Å²) >= 11 is 0. The Kier molecular flexibility index (Phi) is 3.67. The Morgan fingerprint density at radius 2 is 1.64 bits per heavy atom. The number of nitrogens with zero attached hydrogens (tertiary/aromatic N) is 2. The smallest absolute Gasteiger partial charge is 0.162 e. The van der Waals surface area contributed by atoms with Crippen molar-refractivity contribution in [1.29, 1.82) is 0 Å². The van der Waals surface area contributed by atoms with Gasteiger partial charge < -0.3 is 4.74 Å². The van der Waals surface area contributed by atoms with E-state index in [0.717, 1.165) is 29.4 Å². The van der Waals surface area contributed by atoms with Crippen molar-refractivity contribution >= 4 is 0 Å². The molecule has 0 saturated heterocycles. The van der Waals surface area contributed by atoms with Gasteiger partial charge in [0.1, 0.15) is 11.9 Å². The largest absolute Gasteiger partial charge is 0.482 e. The van der Waals surface area contributed by atoms with Gasteiger partial charge in [-0.15, -0.1) is 0 Å². The molecule has 0 spiro atoms. The quantitative estimate of drug-likeness (QED) is 0.785. The maximum absolute atomic E-state index is 6.34. The van der Waals surface area contributed by atoms with Crippen molar-refractivity contribution in [3.8, 4) is 5.75 Å². The fourth-order valence-corrected chi connectivity index (χ4v) is 3.35. The van der Waals surface area contributed by atoms with Crippen molar-refractivity contribution in [2.45, 2.75) is 54.1 Å². The van der Waals surface area contributed by atoms with Crippen LogP contribution in [0.3, 0.4) is 0 Å². The molecule has 1 aliphatic heterocycles. The molecule has 3 nitrogen and oxygen atoms in total. The average molecular weight is 296 g/mol. The molecule has 116 valence electrons. The van der Waals surface area contributed by atoms with Gasteiger partial charge in [0, 0.05) is 5.92 Å². The van der Waals surface area contributed by atoms with Gasteiger partial charge in [0.2, 0.25) is 0 Å². The number of rotatable bonds is 1. The van der Waals surface area contributed by atoms with Crippen LogP contribution in [0, 0.1) is 40.5 Å². The molecule has 22 heavy (non-hydrogen) atoms. The second-order valence-electron chi connectivity index (χ2n) is 6.63. The minimum Gasteiger partial charge on any atom is -0.482 e. The lowest BCUT2D eigenvalue weighted by molar-refractivity contribution is 0.119. The number of ether oxygens (including phenoxy) is 1. The molecule has 1 aromatic heterocycles. The molecule has 2 unspecified atom stereocenters. The van der Waals surface area contributed by atoms with E-state index in [1.54, 1.807) is 0 Å². The van der Waals surface area contributed by atoms with Crippen molar-refractivity contribution in [2.75, 3.05) is 0 Å². The van der Waals surface area contributed by atoms with E-state index in [9.17, 15) is 0 Å². The lowest BCUT2D eigenvalue weighted by Crippen LogP contribution is -2.26. The Labute approximate surface area is 132 Å². The Morgan fingerprint density at radius 1 is 1.00 bits per heavy atom. The average Bonchev–Trinajstić information content (AvgIpc) is 2.43. The lowest BCUT2D eigenvalue weighted by Gasteiger charge is -2.32. The molecule has 2 atom stereocenters. The normalized spacial score (nSPS) is 20.5. The summed E-state index contributed by atoms with van der Waals surface area (Å²) in [5.74, 6) is 2.11. The molecule has 2 heterocycles. The van der Waals surface area contributed by atoms with Crippen molar-refractivity contribution in [3.05, 3.63) is 51.6 Å². The highest BCUT2D eigenvalue weighted by molar-refractivity contribution is 5.41. The zero-order valence-corrected chi connectivity index (χ0v) is 14.3. The Balaban J connectivity index is 2.03. The van der Waals surface area contributed by atoms with Crippen LogP contribution in [0.4, 0.5) is 0 Å². The predicted octanol–water partition coefficient (Wildman–Crippen LogP) is 4.33. The van der Waals surface area contributed by atoms with E-state index in [-0.39, 0.29) is 6.10 Å². The highest BCUT2D eigenvalue weighted by atomic mass is 16.5. The van der Waals surface area contributed by atoms with Crippen molar-refractivity contribution in [1.82, 2.24) is 9.97 Å². The summed E-state index contributed by atoms with van der Waals surface area (Å²) in [6.07, 6.45) is 1.02. The first kappa shape index (κ1) is 15.0. The van der Waals surface area contributed by atoms with E-state index >= 15 is 0 Å². The lowest BCUT2D eigenvalue weighted by atomic mass is 9.88. The molecule has 2 aromatic rings. The topological polar surface area (TPSA) is 35.0 Å². The number of fused-ring (bicyclic) bond motifs is 1. The van der Waals surface area contributed by atoms with Crippen LogP contribution < -0.4 is 4.74 Å². The van der Waals surface area contributed by atoms with Crippen LogP contribution in [0.1, 0.15) is 52.5 Å². The van der Waals surface area contributed by atoms with Crippen LogP contribution in [-0.2, 0) is 6.42 Å². The number of aryl methyl sites for hydroxylation is 4. The molecule has 3 rings (SSSR count). The van der Waals surface area contributed by atoms with E-state index < -0.39 is 0 Å². The van der Waals surface area contributed by atoms with E-state index in [1.807, 2.05) is 13.8 Å². The highest BCUT2D eigenvalue weighted by Gasteiger charge is 2.31. The van der Waals surface area contributed by atoms with Crippen LogP contribution in [0.25, 0.3) is 0 Å². The molecule has 0 N–H and O–H groups in total. The highest BCUT2D eigenvalue weighted by Crippen LogP contribution is 2.39. The summed E-state index contributed by atoms with van der Waals surface area (Å²) in [5.41, 5.74) is 7.28. The molecule has 0 radical (unpaired) electrons. The summed E-state index contributed by atoms with van der Waals surface area (Å²) in [6, 6.07) is 4.53. The number of hydrogen-bond donors (Lipinski definition) is 0. The van der Waals surface area contributed by atoms with Gasteiger partial charge in [0.15, 0.2) is 5.75 Å². The molecule has 1 aliphatic rings. The van der Waals surface area contributed by atoms with Gasteiger partial charge in [-0.2, -0.15) is 0 Å². The predicted molar refractivity (Wildman–Crippen MR) is 88.4 cm³/mol. The van der Waals surface area contributed by atoms with Gasteiger partial charge in [-0.25, -0.2) is 9.97 Å². The molecular weight excluding hydrogens is 272 g/mol. The van der Waals surface area contributed by atoms with Gasteiger partial charge >= 0.3 is 0 Å². The SMILES string of the molecule is Cc1nc(C)c2c(n1)CC(C)C(c1cc(C)c(C)c(C)c1)O2. The summed E-state index contributed by atoms with van der Waals surface area (Å²) < 4.78 is 6.34. The first-order chi connectivity index (χ1) is 10.4. The molecule has 0 aliphatic carbocycles. The zero-order chi connectivity index (χ0) is 16.0. The van der Waals surface area contributed by atoms with Gasteiger partial charge in [-0.3, -0.25) is 0 Å². The van der Waals surface area contributed by atoms with Crippen molar-refractivity contribution in [3.63, 3.8) is 0 Å². The number of benzene rings is 1. The monoisotopic (exact) mass is 296 g/mol. The van der Waals surface area contributed by atoms with Crippen LogP contribution in [0.5, 0.6) is 5.75 Å². The van der Waals surface area contributed by atoms with Gasteiger partial charge in [0.25, 0.3) is 0 Å². The maximum Gasteiger partial charge on any atom is 0.162 e. The maximum atomic E-state index is 6.34. The first-order valence-electron chi connectivity index (χ1n) is 7.95. The van der Waals surface area contributed by atoms with Crippen LogP contribution in [0.15, 0.2) is 12.1 Å². The molecule has 0 amide bonds. The molecule has 0 fully saturated rings. The van der Waals surface area contributed by atoms with Gasteiger partial charge in [-0.05, 0) is 63.3 Å². The Morgan fingerprint density at radius 3 is 2.27 bits per heavy atom. The fourth-order valence-electron chi connectivity index (χ4n) is 3.35. The second kappa shape index (κ2) is 5.38. The third-order valence-corrected chi connectivity index (χ3v) is 4.77. The minimum absolute atomic E-state index is 0.0792. The summed E-state index contributed by atoms with van der Waals surface area (Å²) in [5, 5.41) is 0. The molecule has 0 saturated carbocycles. The van der Waals surface area contributed by atoms with Gasteiger partial charge in [0.05, 0.1) is 11.4 Å². The van der Waals surface area contributed by atoms with E-state index in [2.05, 4.69) is 49.8 Å². The fraction of sp³-hybridized carbons (Fsp3) is 0.474. The van der Waals surface area contributed by atoms with Crippen LogP contribution in [-0.4, -0.2) is 9.97 Å². The van der Waals surface area contributed by atoms with Crippen LogP contribution >= 0.6 is 0 Å². The Hall–Kier alpha value is -1.90. The molecule has 3 heteroatoms. The van der Waals surface area contributed by atoms with Gasteiger partial charge in [-0.1, -0.05) is 19.1 Å².